The first-order chi connectivity index (χ1) is 14.7. The van der Waals surface area contributed by atoms with Gasteiger partial charge in [-0.1, -0.05) is 19.9 Å². The predicted molar refractivity (Wildman–Crippen MR) is 128 cm³/mol. The zero-order chi connectivity index (χ0) is 22.3. The Morgan fingerprint density at radius 2 is 1.65 bits per heavy atom. The minimum Gasteiger partial charge on any atom is -0.312 e. The summed E-state index contributed by atoms with van der Waals surface area (Å²) < 4.78 is 24.7. The van der Waals surface area contributed by atoms with Gasteiger partial charge in [0, 0.05) is 48.4 Å². The van der Waals surface area contributed by atoms with Gasteiger partial charge in [-0.15, -0.1) is 10.8 Å². The maximum absolute atomic E-state index is 12.1. The summed E-state index contributed by atoms with van der Waals surface area (Å²) in [5, 5.41) is 0. The van der Waals surface area contributed by atoms with Crippen LogP contribution in [0.4, 0.5) is 5.69 Å². The van der Waals surface area contributed by atoms with Crippen molar-refractivity contribution in [2.75, 3.05) is 10.8 Å². The van der Waals surface area contributed by atoms with Gasteiger partial charge in [0.2, 0.25) is 0 Å². The van der Waals surface area contributed by atoms with E-state index in [-0.39, 0.29) is 17.4 Å². The molecule has 1 aromatic carbocycles. The van der Waals surface area contributed by atoms with Crippen LogP contribution in [0, 0.1) is 5.92 Å². The second-order valence-electron chi connectivity index (χ2n) is 8.79. The number of rotatable bonds is 5. The summed E-state index contributed by atoms with van der Waals surface area (Å²) in [5.41, 5.74) is 5.60. The molecule has 31 heavy (non-hydrogen) atoms. The van der Waals surface area contributed by atoms with E-state index in [9.17, 15) is 13.9 Å². The molecule has 164 valence electrons. The van der Waals surface area contributed by atoms with Gasteiger partial charge in [-0.25, -0.2) is 0 Å². The highest BCUT2D eigenvalue weighted by Crippen LogP contribution is 2.57. The summed E-state index contributed by atoms with van der Waals surface area (Å²) in [5.74, 6) is 0.571. The molecule has 0 spiro atoms. The number of hydrogen-bond donors (Lipinski definition) is 2. The molecule has 4 rings (SSSR count). The highest BCUT2D eigenvalue weighted by Gasteiger charge is 2.33. The summed E-state index contributed by atoms with van der Waals surface area (Å²) in [6.07, 6.45) is 5.47. The van der Waals surface area contributed by atoms with Crippen LogP contribution in [0.3, 0.4) is 0 Å². The van der Waals surface area contributed by atoms with E-state index in [4.69, 9.17) is 0 Å². The third-order valence-electron chi connectivity index (χ3n) is 5.48. The van der Waals surface area contributed by atoms with Crippen LogP contribution in [-0.4, -0.2) is 25.2 Å². The second-order valence-corrected chi connectivity index (χ2v) is 10.8. The van der Waals surface area contributed by atoms with Crippen molar-refractivity contribution in [1.29, 1.82) is 0 Å². The fraction of sp³-hybridized carbons (Fsp3) is 0.333. The SMILES string of the molecule is CC(C)CN1c2ccc(-c3cncc(-c4ccc(=O)n(C(C)C)c4)c3)cc2CS1(O)O. The largest absolute Gasteiger partial charge is 0.312 e. The normalized spacial score (nSPS) is 16.1. The molecule has 0 bridgehead atoms. The molecule has 3 aromatic rings. The smallest absolute Gasteiger partial charge is 0.250 e. The molecule has 6 nitrogen and oxygen atoms in total. The van der Waals surface area contributed by atoms with Crippen LogP contribution in [0.1, 0.15) is 39.3 Å². The highest BCUT2D eigenvalue weighted by atomic mass is 32.3. The van der Waals surface area contributed by atoms with Crippen molar-refractivity contribution >= 4 is 16.5 Å². The Hall–Kier alpha value is -2.61. The molecule has 0 saturated carbocycles. The zero-order valence-corrected chi connectivity index (χ0v) is 19.1. The molecule has 2 N–H and O–H groups in total. The van der Waals surface area contributed by atoms with Crippen molar-refractivity contribution in [3.8, 4) is 22.3 Å². The average molecular weight is 440 g/mol. The van der Waals surface area contributed by atoms with Crippen LogP contribution >= 0.6 is 10.8 Å². The summed E-state index contributed by atoms with van der Waals surface area (Å²) >= 11 is 0. The van der Waals surface area contributed by atoms with Gasteiger partial charge in [0.25, 0.3) is 5.56 Å². The number of fused-ring (bicyclic) bond motifs is 1. The first kappa shape index (κ1) is 21.6. The number of benzene rings is 1. The lowest BCUT2D eigenvalue weighted by Gasteiger charge is -2.39. The van der Waals surface area contributed by atoms with Gasteiger partial charge in [-0.2, -0.15) is 0 Å². The maximum atomic E-state index is 12.1. The summed E-state index contributed by atoms with van der Waals surface area (Å²) in [6, 6.07) is 11.5. The van der Waals surface area contributed by atoms with Gasteiger partial charge in [0.05, 0.1) is 11.4 Å². The van der Waals surface area contributed by atoms with E-state index in [0.29, 0.717) is 12.5 Å². The first-order valence-electron chi connectivity index (χ1n) is 10.5. The van der Waals surface area contributed by atoms with E-state index in [1.165, 1.54) is 0 Å². The third kappa shape index (κ3) is 4.26. The monoisotopic (exact) mass is 439 g/mol. The summed E-state index contributed by atoms with van der Waals surface area (Å²) in [4.78, 5) is 16.5. The van der Waals surface area contributed by atoms with Crippen molar-refractivity contribution < 1.29 is 9.11 Å². The number of hydrogen-bond acceptors (Lipinski definition) is 5. The molecular formula is C24H29N3O3S. The Balaban J connectivity index is 1.70. The lowest BCUT2D eigenvalue weighted by molar-refractivity contribution is 0.478. The number of aromatic nitrogens is 2. The predicted octanol–water partition coefficient (Wildman–Crippen LogP) is 5.80. The average Bonchev–Trinajstić information content (AvgIpc) is 2.96. The van der Waals surface area contributed by atoms with E-state index in [1.54, 1.807) is 21.1 Å². The molecule has 1 aliphatic rings. The van der Waals surface area contributed by atoms with Gasteiger partial charge >= 0.3 is 0 Å². The fourth-order valence-corrected chi connectivity index (χ4v) is 5.79. The van der Waals surface area contributed by atoms with Crippen molar-refractivity contribution in [2.24, 2.45) is 5.92 Å². The molecule has 7 heteroatoms. The lowest BCUT2D eigenvalue weighted by atomic mass is 10.0. The van der Waals surface area contributed by atoms with E-state index in [1.807, 2.05) is 50.5 Å². The fourth-order valence-electron chi connectivity index (χ4n) is 3.95. The second kappa shape index (κ2) is 8.15. The lowest BCUT2D eigenvalue weighted by Crippen LogP contribution is -2.27. The standard InChI is InChI=1S/C24H29N3O3S/c1-16(2)13-27-23-7-5-18(9-22(23)15-31(27,29)30)20-10-21(12-25-11-20)19-6-8-24(28)26(14-19)17(3)4/h5-12,14,16-17,29-30H,13,15H2,1-4H3. The van der Waals surface area contributed by atoms with Crippen LogP contribution in [0.2, 0.25) is 0 Å². The van der Waals surface area contributed by atoms with E-state index >= 15 is 0 Å². The van der Waals surface area contributed by atoms with E-state index < -0.39 is 10.8 Å². The molecule has 2 aromatic heterocycles. The zero-order valence-electron chi connectivity index (χ0n) is 18.3. The van der Waals surface area contributed by atoms with Crippen LogP contribution in [0.15, 0.2) is 59.8 Å². The highest BCUT2D eigenvalue weighted by molar-refractivity contribution is 8.25. The Kier molecular flexibility index (Phi) is 5.68. The van der Waals surface area contributed by atoms with Gasteiger partial charge < -0.3 is 4.57 Å². The Morgan fingerprint density at radius 3 is 2.32 bits per heavy atom. The summed E-state index contributed by atoms with van der Waals surface area (Å²) in [6.45, 7) is 8.72. The van der Waals surface area contributed by atoms with E-state index in [2.05, 4.69) is 24.9 Å². The Morgan fingerprint density at radius 1 is 0.968 bits per heavy atom. The molecule has 0 unspecified atom stereocenters. The molecular weight excluding hydrogens is 410 g/mol. The molecule has 0 saturated heterocycles. The Labute approximate surface area is 184 Å². The first-order valence-corrected chi connectivity index (χ1v) is 12.2. The third-order valence-corrected chi connectivity index (χ3v) is 7.23. The van der Waals surface area contributed by atoms with Crippen molar-refractivity contribution in [1.82, 2.24) is 9.55 Å². The number of anilines is 1. The molecule has 0 amide bonds. The van der Waals surface area contributed by atoms with Crippen LogP contribution in [0.25, 0.3) is 22.3 Å². The van der Waals surface area contributed by atoms with Gasteiger partial charge in [-0.05, 0) is 60.7 Å². The summed E-state index contributed by atoms with van der Waals surface area (Å²) in [7, 11) is -2.82. The quantitative estimate of drug-likeness (QED) is 0.525. The Bertz CT molecular complexity index is 1170. The molecule has 0 radical (unpaired) electrons. The molecule has 0 atom stereocenters. The van der Waals surface area contributed by atoms with Crippen LogP contribution in [0.5, 0.6) is 0 Å². The minimum absolute atomic E-state index is 0.0218. The van der Waals surface area contributed by atoms with Gasteiger partial charge in [-0.3, -0.25) is 23.2 Å². The van der Waals surface area contributed by atoms with Crippen LogP contribution in [-0.2, 0) is 5.75 Å². The minimum atomic E-state index is -2.82. The molecule has 3 heterocycles. The van der Waals surface area contributed by atoms with Gasteiger partial charge in [0.1, 0.15) is 0 Å². The van der Waals surface area contributed by atoms with Crippen molar-refractivity contribution in [2.45, 2.75) is 39.5 Å². The van der Waals surface area contributed by atoms with Crippen molar-refractivity contribution in [3.63, 3.8) is 0 Å². The van der Waals surface area contributed by atoms with Crippen molar-refractivity contribution in [3.05, 3.63) is 70.9 Å². The van der Waals surface area contributed by atoms with Gasteiger partial charge in [0.15, 0.2) is 0 Å². The molecule has 0 aliphatic carbocycles. The number of nitrogens with zero attached hydrogens (tertiary/aromatic N) is 3. The van der Waals surface area contributed by atoms with E-state index in [0.717, 1.165) is 33.5 Å². The molecule has 0 fully saturated rings. The molecule has 1 aliphatic heterocycles. The maximum Gasteiger partial charge on any atom is 0.250 e. The number of pyridine rings is 2. The topological polar surface area (TPSA) is 78.6 Å². The van der Waals surface area contributed by atoms with Crippen LogP contribution < -0.4 is 9.86 Å².